The Morgan fingerprint density at radius 2 is 0.664 bits per heavy atom. The molecule has 2 aromatic heterocycles. The number of carbonyl (C=O) groups is 12. The maximum atomic E-state index is 10.4. The number of aryl methyl sites for hydroxylation is 3. The lowest BCUT2D eigenvalue weighted by atomic mass is 9.76. The molecule has 0 amide bonds. The minimum Gasteiger partial charge on any atom is -0.494 e. The zero-order valence-corrected chi connectivity index (χ0v) is 66.1. The van der Waals surface area contributed by atoms with Gasteiger partial charge in [0, 0.05) is 25.9 Å². The molecule has 116 heavy (non-hydrogen) atoms. The number of aldehydes is 12. The second-order valence-corrected chi connectivity index (χ2v) is 25.6. The normalized spacial score (nSPS) is 15.3. The lowest BCUT2D eigenvalue weighted by Gasteiger charge is -2.32. The second-order valence-electron chi connectivity index (χ2n) is 25.6. The third-order valence-electron chi connectivity index (χ3n) is 17.4. The summed E-state index contributed by atoms with van der Waals surface area (Å²) in [5, 5.41) is 0. The molecule has 0 saturated heterocycles. The van der Waals surface area contributed by atoms with Crippen molar-refractivity contribution >= 4 is 184 Å². The third-order valence-corrected chi connectivity index (χ3v) is 17.4. The van der Waals surface area contributed by atoms with Crippen LogP contribution in [0.1, 0.15) is 151 Å². The van der Waals surface area contributed by atoms with Crippen molar-refractivity contribution in [1.82, 2.24) is 0 Å². The molecule has 2 heterocycles. The maximum Gasteiger partial charge on any atom is 0.161 e. The quantitative estimate of drug-likeness (QED) is 0.0195. The number of ether oxygens (including phenoxy) is 2. The van der Waals surface area contributed by atoms with Gasteiger partial charge >= 0.3 is 0 Å². The van der Waals surface area contributed by atoms with E-state index in [1.165, 1.54) is 154 Å². The van der Waals surface area contributed by atoms with E-state index in [9.17, 15) is 57.5 Å². The average molecular weight is 1590 g/mol. The van der Waals surface area contributed by atoms with Crippen LogP contribution in [0.25, 0.3) is 11.1 Å². The van der Waals surface area contributed by atoms with Crippen LogP contribution in [0.2, 0.25) is 0 Å². The molecule has 0 spiro atoms. The van der Waals surface area contributed by atoms with Crippen LogP contribution in [0.4, 0.5) is 34.1 Å². The molecular formula is C88H104N12O16. The molecule has 4 aromatic carbocycles. The first-order valence-corrected chi connectivity index (χ1v) is 38.2. The predicted molar refractivity (Wildman–Crippen MR) is 459 cm³/mol. The highest BCUT2D eigenvalue weighted by Crippen LogP contribution is 2.39. The number of carbonyl (C=O) groups excluding carboxylic acids is 12. The molecule has 28 nitrogen and oxygen atoms in total. The minimum absolute atomic E-state index is 0.360. The molecule has 0 aliphatic heterocycles. The van der Waals surface area contributed by atoms with Gasteiger partial charge in [0.25, 0.3) is 0 Å². The molecule has 2 aliphatic carbocycles. The fourth-order valence-corrected chi connectivity index (χ4v) is 11.9. The van der Waals surface area contributed by atoms with Gasteiger partial charge in [0.1, 0.15) is 45.9 Å². The number of hydrogen-bond acceptors (Lipinski definition) is 28. The van der Waals surface area contributed by atoms with Crippen LogP contribution in [0.5, 0.6) is 11.5 Å². The molecule has 28 heteroatoms. The van der Waals surface area contributed by atoms with Crippen molar-refractivity contribution in [3.63, 3.8) is 0 Å². The minimum atomic E-state index is 0.360. The number of aliphatic imine (C=N–C) groups is 12. The van der Waals surface area contributed by atoms with Crippen LogP contribution in [0.15, 0.2) is 172 Å². The van der Waals surface area contributed by atoms with Crippen molar-refractivity contribution in [2.75, 3.05) is 27.3 Å². The maximum absolute atomic E-state index is 10.4. The summed E-state index contributed by atoms with van der Waals surface area (Å²) in [6, 6.07) is 31.3. The first-order chi connectivity index (χ1) is 56.9. The van der Waals surface area contributed by atoms with Gasteiger partial charge in [-0.15, -0.1) is 0 Å². The highest BCUT2D eigenvalue weighted by atomic mass is 16.5. The van der Waals surface area contributed by atoms with Crippen LogP contribution in [0.3, 0.4) is 0 Å². The first-order valence-electron chi connectivity index (χ1n) is 38.2. The van der Waals surface area contributed by atoms with E-state index in [1.54, 1.807) is 48.5 Å². The molecule has 612 valence electrons. The number of benzene rings is 4. The van der Waals surface area contributed by atoms with Crippen molar-refractivity contribution in [2.45, 2.75) is 167 Å². The number of unbranched alkanes of at least 4 members (excludes halogenated alkanes) is 9. The molecular weight excluding hydrogens is 1480 g/mol. The van der Waals surface area contributed by atoms with Crippen LogP contribution >= 0.6 is 0 Å². The summed E-state index contributed by atoms with van der Waals surface area (Å²) in [6.45, 7) is 4.16. The summed E-state index contributed by atoms with van der Waals surface area (Å²) in [4.78, 5) is 170. The molecule has 2 fully saturated rings. The molecule has 0 radical (unpaired) electrons. The Balaban J connectivity index is 0.000000363. The van der Waals surface area contributed by atoms with Gasteiger partial charge in [0.05, 0.1) is 137 Å². The highest BCUT2D eigenvalue weighted by molar-refractivity contribution is 6.17. The number of rotatable bonds is 45. The zero-order valence-electron chi connectivity index (χ0n) is 66.1. The molecule has 2 saturated carbocycles. The molecule has 2 aliphatic rings. The van der Waals surface area contributed by atoms with Gasteiger partial charge in [-0.05, 0) is 185 Å². The topological polar surface area (TPSA) is 398 Å². The Morgan fingerprint density at radius 1 is 0.328 bits per heavy atom. The van der Waals surface area contributed by atoms with Gasteiger partial charge < -0.3 is 18.3 Å². The van der Waals surface area contributed by atoms with E-state index in [4.69, 9.17) is 18.3 Å². The van der Waals surface area contributed by atoms with E-state index in [0.717, 1.165) is 147 Å². The van der Waals surface area contributed by atoms with Gasteiger partial charge in [0.15, 0.2) is 75.4 Å². The third kappa shape index (κ3) is 45.0. The van der Waals surface area contributed by atoms with Crippen LogP contribution in [-0.4, -0.2) is 189 Å². The van der Waals surface area contributed by atoms with Crippen molar-refractivity contribution in [1.29, 1.82) is 0 Å². The Kier molecular flexibility index (Phi) is 55.1. The molecule has 0 atom stereocenters. The lowest BCUT2D eigenvalue weighted by molar-refractivity contribution is -0.103. The largest absolute Gasteiger partial charge is 0.494 e. The SMILES string of the molecule is COc1cc(-c2ccc(N=CC=O)c(OC)c2)ccc1N=CC=O.Cc1ccc(N=CC=O)cc1N=CC=O.O=CC=NC1CCC(CC2CCC(N=CC=O)CC2)CC1.O=CC=NCCCCCCCCCCCCN=CC=O.O=CC=NCc1ccc(CCc2ccc(CN=CC=O)o2)o1.O=CC=Nc1cccc(N=CC=O)c1. The summed E-state index contributed by atoms with van der Waals surface area (Å²) in [7, 11) is 3.08. The van der Waals surface area contributed by atoms with E-state index >= 15 is 0 Å². The smallest absolute Gasteiger partial charge is 0.161 e. The lowest BCUT2D eigenvalue weighted by Crippen LogP contribution is -2.23. The molecule has 6 aromatic rings. The average Bonchev–Trinajstić information content (AvgIpc) is 1.18. The van der Waals surface area contributed by atoms with Gasteiger partial charge in [-0.2, -0.15) is 0 Å². The summed E-state index contributed by atoms with van der Waals surface area (Å²) >= 11 is 0. The summed E-state index contributed by atoms with van der Waals surface area (Å²) in [5.41, 5.74) is 6.39. The van der Waals surface area contributed by atoms with Crippen molar-refractivity contribution in [2.24, 2.45) is 71.7 Å². The van der Waals surface area contributed by atoms with Gasteiger partial charge in [-0.3, -0.25) is 107 Å². The summed E-state index contributed by atoms with van der Waals surface area (Å²) < 4.78 is 21.8. The number of hydrogen-bond donors (Lipinski definition) is 0. The van der Waals surface area contributed by atoms with E-state index in [2.05, 4.69) is 59.9 Å². The zero-order chi connectivity index (χ0) is 84.0. The van der Waals surface area contributed by atoms with Crippen LogP contribution < -0.4 is 9.47 Å². The Bertz CT molecular complexity index is 4060. The molecule has 8 rings (SSSR count). The Morgan fingerprint density at radius 3 is 1.03 bits per heavy atom. The number of methoxy groups -OCH3 is 2. The van der Waals surface area contributed by atoms with Gasteiger partial charge in [0.2, 0.25) is 0 Å². The molecule has 0 N–H and O–H groups in total. The fourth-order valence-electron chi connectivity index (χ4n) is 11.9. The summed E-state index contributed by atoms with van der Waals surface area (Å²) in [6.07, 6.45) is 47.5. The van der Waals surface area contributed by atoms with Gasteiger partial charge in [-0.1, -0.05) is 75.6 Å². The molecule has 0 unspecified atom stereocenters. The van der Waals surface area contributed by atoms with Crippen LogP contribution in [-0.2, 0) is 83.5 Å². The highest BCUT2D eigenvalue weighted by Gasteiger charge is 2.26. The first kappa shape index (κ1) is 97.3. The fraction of sp³-hybridized carbons (Fsp3) is 0.364. The monoisotopic (exact) mass is 1580 g/mol. The van der Waals surface area contributed by atoms with Crippen molar-refractivity contribution in [3.8, 4) is 22.6 Å². The standard InChI is InChI=1S/C18H16N2O4.C17H26N2O2.C16H16N2O4.C16H28N2O2.C11H10N2O2.C10H8N2O2/c1-23-17-11-13(3-5-15(17)19-7-9-21)14-4-6-16(20-8-10-22)18(12-14)24-2;20-11-9-18-16-5-1-14(2-6-16)13-15-3-7-17(8-4-15)19-10-12-21;19-9-7-17-11-15-5-3-13(21-15)1-2-14-4-6-16(22-14)12-18-8-10-20;19-15-13-17-11-9-7-5-3-1-2-4-6-8-10-12-18-14-16-20;1-9-2-3-10(12-4-6-14)8-11(9)13-5-7-15;13-6-4-11-9-2-1-3-10(8-9)12-5-7-14/h3-12H,1-2H3;9-12,14-17H,1-8,13H2;3-10H,1-2,11-12H2;13-16H,1-12H2;2-8H,1H3;1-8H. The number of nitrogens with zero attached hydrogens (tertiary/aromatic N) is 12. The predicted octanol–water partition coefficient (Wildman–Crippen LogP) is 15.1. The molecule has 0 bridgehead atoms. The summed E-state index contributed by atoms with van der Waals surface area (Å²) in [5.74, 6) is 5.90. The van der Waals surface area contributed by atoms with E-state index in [0.29, 0.717) is 134 Å². The van der Waals surface area contributed by atoms with Gasteiger partial charge in [-0.25, -0.2) is 9.98 Å². The Labute approximate surface area is 677 Å². The van der Waals surface area contributed by atoms with E-state index in [1.807, 2.05) is 61.5 Å². The number of furan rings is 2. The van der Waals surface area contributed by atoms with E-state index in [-0.39, 0.29) is 0 Å². The van der Waals surface area contributed by atoms with Crippen molar-refractivity contribution in [3.05, 3.63) is 132 Å². The second kappa shape index (κ2) is 65.6. The van der Waals surface area contributed by atoms with Crippen molar-refractivity contribution < 1.29 is 75.8 Å². The van der Waals surface area contributed by atoms with E-state index < -0.39 is 0 Å². The Hall–Kier alpha value is -12.9. The van der Waals surface area contributed by atoms with Crippen LogP contribution in [0, 0.1) is 18.8 Å².